The summed E-state index contributed by atoms with van der Waals surface area (Å²) in [6.07, 6.45) is 7.61. The van der Waals surface area contributed by atoms with Gasteiger partial charge in [0.15, 0.2) is 0 Å². The third kappa shape index (κ3) is 5.97. The molecular weight excluding hydrogens is 364 g/mol. The number of nitrogens with zero attached hydrogens (tertiary/aromatic N) is 1. The second-order valence-corrected chi connectivity index (χ2v) is 6.02. The lowest BCUT2D eigenvalue weighted by molar-refractivity contribution is -0.116. The largest absolute Gasteiger partial charge is 0.402 e. The average molecular weight is 388 g/mol. The van der Waals surface area contributed by atoms with E-state index in [1.165, 1.54) is 12.4 Å². The lowest BCUT2D eigenvalue weighted by Crippen LogP contribution is -2.24. The lowest BCUT2D eigenvalue weighted by Gasteiger charge is -2.11. The summed E-state index contributed by atoms with van der Waals surface area (Å²) in [7, 11) is 1.54. The number of para-hydroxylation sites is 1. The van der Waals surface area contributed by atoms with E-state index in [1.807, 2.05) is 31.2 Å². The Labute approximate surface area is 170 Å². The number of rotatable bonds is 5. The van der Waals surface area contributed by atoms with E-state index in [-0.39, 0.29) is 11.7 Å². The minimum Gasteiger partial charge on any atom is -0.402 e. The first-order valence-corrected chi connectivity index (χ1v) is 8.91. The van der Waals surface area contributed by atoms with Gasteiger partial charge in [0.05, 0.1) is 5.57 Å². The second kappa shape index (κ2) is 10.3. The van der Waals surface area contributed by atoms with Crippen LogP contribution in [0.15, 0.2) is 76.4 Å². The van der Waals surface area contributed by atoms with Crippen molar-refractivity contribution in [1.29, 1.82) is 5.41 Å². The van der Waals surface area contributed by atoms with Crippen LogP contribution in [0.4, 0.5) is 5.69 Å². The number of nitrogens with one attached hydrogen (secondary N) is 4. The summed E-state index contributed by atoms with van der Waals surface area (Å²) in [5.41, 5.74) is 9.14. The zero-order valence-electron chi connectivity index (χ0n) is 16.6. The molecule has 1 aliphatic rings. The molecule has 0 fully saturated rings. The zero-order chi connectivity index (χ0) is 21.2. The normalized spacial score (nSPS) is 19.8. The van der Waals surface area contributed by atoms with Crippen LogP contribution in [0.3, 0.4) is 0 Å². The summed E-state index contributed by atoms with van der Waals surface area (Å²) in [5.74, 6) is 6.05. The summed E-state index contributed by atoms with van der Waals surface area (Å²) in [6, 6.07) is 7.78. The molecule has 0 unspecified atom stereocenters. The van der Waals surface area contributed by atoms with Crippen LogP contribution in [0, 0.1) is 24.2 Å². The van der Waals surface area contributed by atoms with Crippen LogP contribution in [-0.2, 0) is 4.79 Å². The van der Waals surface area contributed by atoms with Crippen LogP contribution in [0.2, 0.25) is 0 Å². The van der Waals surface area contributed by atoms with Crippen molar-refractivity contribution >= 4 is 23.6 Å². The van der Waals surface area contributed by atoms with Crippen LogP contribution < -0.4 is 21.7 Å². The van der Waals surface area contributed by atoms with Gasteiger partial charge < -0.3 is 21.7 Å². The first-order valence-electron chi connectivity index (χ1n) is 8.91. The van der Waals surface area contributed by atoms with E-state index < -0.39 is 0 Å². The summed E-state index contributed by atoms with van der Waals surface area (Å²) < 4.78 is 0. The van der Waals surface area contributed by atoms with Crippen LogP contribution in [0.5, 0.6) is 0 Å². The Hall–Kier alpha value is -4.05. The molecule has 7 nitrogen and oxygen atoms in total. The van der Waals surface area contributed by atoms with Crippen LogP contribution >= 0.6 is 0 Å². The van der Waals surface area contributed by atoms with Crippen LogP contribution in [0.1, 0.15) is 12.5 Å². The summed E-state index contributed by atoms with van der Waals surface area (Å²) in [6.45, 7) is 3.68. The van der Waals surface area contributed by atoms with Crippen LogP contribution in [-0.4, -0.2) is 25.0 Å². The molecule has 0 bridgehead atoms. The Balaban J connectivity index is 2.38. The molecular formula is C22H24N6O. The van der Waals surface area contributed by atoms with Crippen molar-refractivity contribution in [3.05, 3.63) is 76.9 Å². The van der Waals surface area contributed by atoms with Gasteiger partial charge in [-0.3, -0.25) is 10.2 Å². The molecule has 0 aliphatic carbocycles. The molecule has 0 saturated carbocycles. The van der Waals surface area contributed by atoms with E-state index in [2.05, 4.69) is 32.8 Å². The summed E-state index contributed by atoms with van der Waals surface area (Å²) in [5, 5.41) is 16.6. The van der Waals surface area contributed by atoms with Crippen molar-refractivity contribution < 1.29 is 4.79 Å². The standard InChI is InChI=1S/C22H24N6O/c1-4-7-16-10-18(22(29)25-3)14-26-20(24)11-17(16)13-27-21(12-23)28-19-9-6-5-8-15(19)2/h5-6,8-14,28H,23H2,1-3H3,(H2,24,26)(H,25,29)/b21-12-,27-13-. The van der Waals surface area contributed by atoms with Crippen molar-refractivity contribution in [3.8, 4) is 11.8 Å². The number of amidine groups is 1. The van der Waals surface area contributed by atoms with Gasteiger partial charge in [0, 0.05) is 42.5 Å². The molecule has 0 aromatic heterocycles. The van der Waals surface area contributed by atoms with E-state index in [0.717, 1.165) is 11.3 Å². The molecule has 0 spiro atoms. The third-order valence-corrected chi connectivity index (χ3v) is 3.95. The average Bonchev–Trinajstić information content (AvgIpc) is 2.71. The molecule has 1 aliphatic heterocycles. The highest BCUT2D eigenvalue weighted by atomic mass is 16.1. The Kier molecular flexibility index (Phi) is 7.57. The van der Waals surface area contributed by atoms with Gasteiger partial charge in [0.2, 0.25) is 0 Å². The topological polar surface area (TPSA) is 115 Å². The monoisotopic (exact) mass is 388 g/mol. The summed E-state index contributed by atoms with van der Waals surface area (Å²) in [4.78, 5) is 16.5. The quantitative estimate of drug-likeness (QED) is 0.393. The van der Waals surface area contributed by atoms with Crippen molar-refractivity contribution in [3.63, 3.8) is 0 Å². The number of amides is 1. The number of likely N-dealkylation sites (N-methyl/N-ethyl adjacent to an activating group) is 1. The smallest absolute Gasteiger partial charge is 0.252 e. The Morgan fingerprint density at radius 1 is 1.31 bits per heavy atom. The van der Waals surface area contributed by atoms with Gasteiger partial charge in [-0.25, -0.2) is 4.99 Å². The van der Waals surface area contributed by atoms with Gasteiger partial charge in [-0.2, -0.15) is 0 Å². The van der Waals surface area contributed by atoms with E-state index in [0.29, 0.717) is 22.5 Å². The number of anilines is 1. The minimum absolute atomic E-state index is 0.0986. The molecule has 0 atom stereocenters. The number of hydrogen-bond donors (Lipinski definition) is 5. The van der Waals surface area contributed by atoms with Gasteiger partial charge in [0.1, 0.15) is 11.7 Å². The molecule has 1 amide bonds. The van der Waals surface area contributed by atoms with Gasteiger partial charge in [-0.15, -0.1) is 5.92 Å². The molecule has 148 valence electrons. The lowest BCUT2D eigenvalue weighted by atomic mass is 10.0. The highest BCUT2D eigenvalue weighted by Crippen LogP contribution is 2.17. The molecule has 1 aromatic rings. The first kappa shape index (κ1) is 21.3. The molecule has 6 N–H and O–H groups in total. The number of aliphatic imine (C=N–C) groups is 1. The van der Waals surface area contributed by atoms with Crippen molar-refractivity contribution in [2.45, 2.75) is 13.8 Å². The van der Waals surface area contributed by atoms with Crippen molar-refractivity contribution in [2.75, 3.05) is 12.4 Å². The second-order valence-electron chi connectivity index (χ2n) is 6.02. The van der Waals surface area contributed by atoms with E-state index in [4.69, 9.17) is 11.1 Å². The third-order valence-electron chi connectivity index (χ3n) is 3.95. The van der Waals surface area contributed by atoms with Gasteiger partial charge in [0.25, 0.3) is 5.91 Å². The molecule has 1 aromatic carbocycles. The van der Waals surface area contributed by atoms with E-state index >= 15 is 0 Å². The SMILES string of the molecule is CC#C/C1=C\C(C(=O)NC)=C/NC(=N)/C=C1/C=N\C(=C\N)Nc1ccccc1C. The number of aryl methyl sites for hydroxylation is 1. The number of nitrogens with two attached hydrogens (primary N) is 1. The molecule has 0 radical (unpaired) electrons. The Morgan fingerprint density at radius 3 is 2.72 bits per heavy atom. The maximum absolute atomic E-state index is 12.1. The molecule has 1 heterocycles. The zero-order valence-corrected chi connectivity index (χ0v) is 16.6. The number of benzene rings is 1. The fourth-order valence-electron chi connectivity index (χ4n) is 2.44. The Morgan fingerprint density at radius 2 is 2.07 bits per heavy atom. The molecule has 29 heavy (non-hydrogen) atoms. The fraction of sp³-hybridized carbons (Fsp3) is 0.136. The molecule has 0 saturated heterocycles. The van der Waals surface area contributed by atoms with Gasteiger partial charge >= 0.3 is 0 Å². The number of carbonyl (C=O) groups excluding carboxylic acids is 1. The Bertz CT molecular complexity index is 1020. The number of allylic oxidation sites excluding steroid dienone is 2. The highest BCUT2D eigenvalue weighted by Gasteiger charge is 2.12. The summed E-state index contributed by atoms with van der Waals surface area (Å²) >= 11 is 0. The van der Waals surface area contributed by atoms with Gasteiger partial charge in [-0.1, -0.05) is 24.1 Å². The number of carbonyl (C=O) groups is 1. The molecule has 2 rings (SSSR count). The fourth-order valence-corrected chi connectivity index (χ4v) is 2.44. The number of hydrogen-bond acceptors (Lipinski definition) is 5. The van der Waals surface area contributed by atoms with Crippen LogP contribution in [0.25, 0.3) is 0 Å². The predicted octanol–water partition coefficient (Wildman–Crippen LogP) is 2.32. The molecule has 7 heteroatoms. The maximum atomic E-state index is 12.1. The van der Waals surface area contributed by atoms with E-state index in [1.54, 1.807) is 32.3 Å². The van der Waals surface area contributed by atoms with Crippen molar-refractivity contribution in [1.82, 2.24) is 10.6 Å². The van der Waals surface area contributed by atoms with Crippen molar-refractivity contribution in [2.24, 2.45) is 10.7 Å². The first-order chi connectivity index (χ1) is 14.0. The minimum atomic E-state index is -0.289. The van der Waals surface area contributed by atoms with Gasteiger partial charge in [-0.05, 0) is 37.6 Å². The maximum Gasteiger partial charge on any atom is 0.252 e. The highest BCUT2D eigenvalue weighted by molar-refractivity contribution is 6.04. The van der Waals surface area contributed by atoms with E-state index in [9.17, 15) is 4.79 Å². The predicted molar refractivity (Wildman–Crippen MR) is 118 cm³/mol.